The third-order valence-electron chi connectivity index (χ3n) is 9.33. The lowest BCUT2D eigenvalue weighted by Gasteiger charge is -2.39. The predicted octanol–water partition coefficient (Wildman–Crippen LogP) is 1.92. The number of carbonyl (C=O) groups is 2. The highest BCUT2D eigenvalue weighted by molar-refractivity contribution is 5.86. The summed E-state index contributed by atoms with van der Waals surface area (Å²) in [5.41, 5.74) is -0.387. The average Bonchev–Trinajstić information content (AvgIpc) is 3.69. The second kappa shape index (κ2) is 11.9. The lowest BCUT2D eigenvalue weighted by atomic mass is 9.77. The van der Waals surface area contributed by atoms with Crippen LogP contribution in [-0.2, 0) is 35.0 Å². The van der Waals surface area contributed by atoms with Gasteiger partial charge in [0.05, 0.1) is 45.3 Å². The molecule has 2 saturated heterocycles. The van der Waals surface area contributed by atoms with Crippen molar-refractivity contribution in [1.29, 1.82) is 0 Å². The quantitative estimate of drug-likeness (QED) is 0.339. The second-order valence-corrected chi connectivity index (χ2v) is 11.7. The fraction of sp³-hybridized carbons (Fsp3) is 0.613. The number of ether oxygens (including phenoxy) is 6. The van der Waals surface area contributed by atoms with Gasteiger partial charge in [-0.15, -0.1) is 0 Å². The largest absolute Gasteiger partial charge is 0.497 e. The first-order chi connectivity index (χ1) is 20.4. The third kappa shape index (κ3) is 5.27. The Morgan fingerprint density at radius 1 is 1.12 bits per heavy atom. The SMILES string of the molecule is COC(=O)C[C@](O)(CC=CCN1CCOCC1)C(=O)O[C@@H]1C(OC)=C[C@]23CCCN2CCc2cc4c(cc2[C@H]13)OCO4. The minimum Gasteiger partial charge on any atom is -0.497 e. The third-order valence-corrected chi connectivity index (χ3v) is 9.33. The van der Waals surface area contributed by atoms with Crippen LogP contribution in [0.5, 0.6) is 11.5 Å². The summed E-state index contributed by atoms with van der Waals surface area (Å²) in [6.07, 6.45) is 7.00. The van der Waals surface area contributed by atoms with E-state index in [1.165, 1.54) is 7.11 Å². The number of hydrogen-bond acceptors (Lipinski definition) is 11. The van der Waals surface area contributed by atoms with Crippen LogP contribution in [0.1, 0.15) is 42.7 Å². The van der Waals surface area contributed by atoms with E-state index < -0.39 is 35.6 Å². The fourth-order valence-electron chi connectivity index (χ4n) is 7.14. The van der Waals surface area contributed by atoms with Gasteiger partial charge in [0.1, 0.15) is 5.76 Å². The molecule has 1 spiro atoms. The molecule has 11 nitrogen and oxygen atoms in total. The maximum atomic E-state index is 13.9. The molecule has 5 aliphatic rings. The Bertz CT molecular complexity index is 1260. The molecule has 6 rings (SSSR count). The summed E-state index contributed by atoms with van der Waals surface area (Å²) in [6, 6.07) is 4.04. The molecular weight excluding hydrogens is 544 g/mol. The highest BCUT2D eigenvalue weighted by Gasteiger charge is 2.59. The predicted molar refractivity (Wildman–Crippen MR) is 150 cm³/mol. The number of methoxy groups -OCH3 is 2. The van der Waals surface area contributed by atoms with Gasteiger partial charge >= 0.3 is 11.9 Å². The summed E-state index contributed by atoms with van der Waals surface area (Å²) >= 11 is 0. The molecule has 4 heterocycles. The zero-order valence-electron chi connectivity index (χ0n) is 24.3. The van der Waals surface area contributed by atoms with Crippen LogP contribution >= 0.6 is 0 Å². The smallest absolute Gasteiger partial charge is 0.339 e. The summed E-state index contributed by atoms with van der Waals surface area (Å²) in [7, 11) is 2.81. The van der Waals surface area contributed by atoms with Gasteiger partial charge in [-0.2, -0.15) is 0 Å². The molecule has 228 valence electrons. The zero-order valence-corrected chi connectivity index (χ0v) is 24.3. The molecule has 42 heavy (non-hydrogen) atoms. The minimum atomic E-state index is -2.11. The minimum absolute atomic E-state index is 0.0960. The van der Waals surface area contributed by atoms with E-state index in [9.17, 15) is 14.7 Å². The van der Waals surface area contributed by atoms with Crippen LogP contribution in [-0.4, -0.2) is 111 Å². The fourth-order valence-corrected chi connectivity index (χ4v) is 7.14. The van der Waals surface area contributed by atoms with Crippen molar-refractivity contribution < 1.29 is 43.1 Å². The number of rotatable bonds is 9. The van der Waals surface area contributed by atoms with Crippen molar-refractivity contribution >= 4 is 11.9 Å². The lowest BCUT2D eigenvalue weighted by Crippen LogP contribution is -2.49. The lowest BCUT2D eigenvalue weighted by molar-refractivity contribution is -0.177. The normalized spacial score (nSPS) is 28.3. The van der Waals surface area contributed by atoms with Crippen LogP contribution in [0.15, 0.2) is 36.1 Å². The number of carbonyl (C=O) groups excluding carboxylic acids is 2. The van der Waals surface area contributed by atoms with E-state index >= 15 is 0 Å². The van der Waals surface area contributed by atoms with Gasteiger partial charge in [-0.1, -0.05) is 12.2 Å². The van der Waals surface area contributed by atoms with Crippen LogP contribution in [0.25, 0.3) is 0 Å². The molecule has 0 amide bonds. The molecule has 0 bridgehead atoms. The van der Waals surface area contributed by atoms with Crippen LogP contribution in [0.4, 0.5) is 0 Å². The number of aliphatic hydroxyl groups is 1. The van der Waals surface area contributed by atoms with Crippen molar-refractivity contribution in [2.24, 2.45) is 0 Å². The van der Waals surface area contributed by atoms with Gasteiger partial charge in [0.2, 0.25) is 6.79 Å². The van der Waals surface area contributed by atoms with E-state index in [0.29, 0.717) is 37.0 Å². The number of morpholine rings is 1. The summed E-state index contributed by atoms with van der Waals surface area (Å²) in [4.78, 5) is 30.9. The summed E-state index contributed by atoms with van der Waals surface area (Å²) in [5, 5.41) is 11.6. The molecule has 1 N–H and O–H groups in total. The average molecular weight is 585 g/mol. The molecule has 4 aliphatic heterocycles. The highest BCUT2D eigenvalue weighted by Crippen LogP contribution is 2.55. The van der Waals surface area contributed by atoms with Gasteiger partial charge in [0.15, 0.2) is 23.2 Å². The number of nitrogens with zero attached hydrogens (tertiary/aromatic N) is 2. The Kier molecular flexibility index (Phi) is 8.19. The molecule has 11 heteroatoms. The van der Waals surface area contributed by atoms with Crippen molar-refractivity contribution in [3.05, 3.63) is 47.2 Å². The number of fused-ring (bicyclic) bond motifs is 3. The highest BCUT2D eigenvalue weighted by atomic mass is 16.7. The number of hydrogen-bond donors (Lipinski definition) is 1. The Balaban J connectivity index is 1.29. The van der Waals surface area contributed by atoms with Crippen molar-refractivity contribution in [2.45, 2.75) is 55.3 Å². The van der Waals surface area contributed by atoms with Crippen LogP contribution in [0.3, 0.4) is 0 Å². The van der Waals surface area contributed by atoms with Crippen LogP contribution < -0.4 is 9.47 Å². The Labute approximate surface area is 245 Å². The Hall–Kier alpha value is -3.12. The van der Waals surface area contributed by atoms with E-state index in [-0.39, 0.29) is 19.1 Å². The van der Waals surface area contributed by atoms with E-state index in [2.05, 4.69) is 15.9 Å². The van der Waals surface area contributed by atoms with Gasteiger partial charge in [-0.3, -0.25) is 14.6 Å². The first-order valence-electron chi connectivity index (χ1n) is 14.8. The molecule has 1 aromatic carbocycles. The molecule has 0 aromatic heterocycles. The molecule has 0 saturated carbocycles. The van der Waals surface area contributed by atoms with E-state index in [4.69, 9.17) is 28.4 Å². The molecule has 1 aromatic rings. The summed E-state index contributed by atoms with van der Waals surface area (Å²) in [6.45, 7) is 5.56. The van der Waals surface area contributed by atoms with E-state index in [1.54, 1.807) is 13.2 Å². The molecule has 0 radical (unpaired) electrons. The number of benzene rings is 1. The zero-order chi connectivity index (χ0) is 29.3. The second-order valence-electron chi connectivity index (χ2n) is 11.7. The molecule has 0 unspecified atom stereocenters. The first kappa shape index (κ1) is 29.0. The van der Waals surface area contributed by atoms with Crippen LogP contribution in [0, 0.1) is 0 Å². The van der Waals surface area contributed by atoms with E-state index in [0.717, 1.165) is 56.6 Å². The van der Waals surface area contributed by atoms with Crippen molar-refractivity contribution in [3.8, 4) is 11.5 Å². The van der Waals surface area contributed by atoms with Gasteiger partial charge in [-0.05, 0) is 55.1 Å². The molecule has 4 atom stereocenters. The maximum absolute atomic E-state index is 13.9. The summed E-state index contributed by atoms with van der Waals surface area (Å²) < 4.78 is 33.7. The topological polar surface area (TPSA) is 116 Å². The van der Waals surface area contributed by atoms with Crippen molar-refractivity contribution in [3.63, 3.8) is 0 Å². The maximum Gasteiger partial charge on any atom is 0.339 e. The van der Waals surface area contributed by atoms with E-state index in [1.807, 2.05) is 18.2 Å². The molecular formula is C31H40N2O9. The molecule has 1 aliphatic carbocycles. The Morgan fingerprint density at radius 2 is 1.90 bits per heavy atom. The molecule has 2 fully saturated rings. The Morgan fingerprint density at radius 3 is 2.67 bits per heavy atom. The van der Waals surface area contributed by atoms with Gasteiger partial charge in [-0.25, -0.2) is 4.79 Å². The van der Waals surface area contributed by atoms with Crippen molar-refractivity contribution in [1.82, 2.24) is 9.80 Å². The van der Waals surface area contributed by atoms with Gasteiger partial charge in [0, 0.05) is 32.6 Å². The van der Waals surface area contributed by atoms with Crippen molar-refractivity contribution in [2.75, 3.05) is 67.0 Å². The van der Waals surface area contributed by atoms with Crippen LogP contribution in [0.2, 0.25) is 0 Å². The monoisotopic (exact) mass is 584 g/mol. The van der Waals surface area contributed by atoms with Gasteiger partial charge < -0.3 is 33.5 Å². The standard InChI is InChI=1S/C31H40N2O9/c1-37-25-18-30-7-5-10-33(30)11-6-21-16-23-24(41-20-40-23)17-22(21)27(30)28(25)42-29(35)31(36,19-26(34)38-2)8-3-4-9-32-12-14-39-15-13-32/h3-4,16-18,27-28,36H,5-15,19-20H2,1-2H3/t27-,28-,30+,31-/m1/s1. The van der Waals surface area contributed by atoms with Gasteiger partial charge in [0.25, 0.3) is 0 Å². The summed E-state index contributed by atoms with van der Waals surface area (Å²) in [5.74, 6) is 0.0478. The number of esters is 2. The first-order valence-corrected chi connectivity index (χ1v) is 14.8.